The minimum Gasteiger partial charge on any atom is -0.344 e. The van der Waals surface area contributed by atoms with Gasteiger partial charge >= 0.3 is 0 Å². The molecule has 1 saturated carbocycles. The smallest absolute Gasteiger partial charge is 0.251 e. The van der Waals surface area contributed by atoms with Gasteiger partial charge in [-0.15, -0.1) is 0 Å². The zero-order valence-corrected chi connectivity index (χ0v) is 15.8. The second kappa shape index (κ2) is 8.50. The summed E-state index contributed by atoms with van der Waals surface area (Å²) in [6, 6.07) is 5.22. The Balaban J connectivity index is 1.57. The molecule has 1 saturated heterocycles. The highest BCUT2D eigenvalue weighted by Gasteiger charge is 2.30. The van der Waals surface area contributed by atoms with Crippen molar-refractivity contribution < 1.29 is 18.8 Å². The number of benzene rings is 1. The second-order valence-electron chi connectivity index (χ2n) is 7.36. The van der Waals surface area contributed by atoms with Gasteiger partial charge in [0.25, 0.3) is 5.91 Å². The summed E-state index contributed by atoms with van der Waals surface area (Å²) in [5.41, 5.74) is 1.24. The maximum absolute atomic E-state index is 13.5. The second-order valence-corrected chi connectivity index (χ2v) is 7.36. The third-order valence-corrected chi connectivity index (χ3v) is 5.32. The van der Waals surface area contributed by atoms with E-state index in [1.54, 1.807) is 36.1 Å². The van der Waals surface area contributed by atoms with Crippen molar-refractivity contribution in [3.63, 3.8) is 0 Å². The van der Waals surface area contributed by atoms with Crippen molar-refractivity contribution in [1.82, 2.24) is 10.2 Å². The Morgan fingerprint density at radius 3 is 2.61 bits per heavy atom. The highest BCUT2D eigenvalue weighted by Crippen LogP contribution is 2.20. The van der Waals surface area contributed by atoms with Gasteiger partial charge in [0.2, 0.25) is 11.8 Å². The average molecular weight is 388 g/mol. The summed E-state index contributed by atoms with van der Waals surface area (Å²) < 4.78 is 13.5. The van der Waals surface area contributed by atoms with Crippen LogP contribution in [0.15, 0.2) is 24.3 Å². The Bertz CT molecular complexity index is 780. The highest BCUT2D eigenvalue weighted by molar-refractivity contribution is 6.00. The van der Waals surface area contributed by atoms with E-state index in [2.05, 4.69) is 10.6 Å². The number of carbonyl (C=O) groups is 3. The predicted octanol–water partition coefficient (Wildman–Crippen LogP) is 2.28. The fraction of sp³-hybridized carbons (Fsp3) is 0.500. The molecule has 1 aliphatic carbocycles. The number of rotatable bonds is 5. The van der Waals surface area contributed by atoms with Crippen LogP contribution in [0, 0.1) is 5.41 Å². The van der Waals surface area contributed by atoms with E-state index in [1.165, 1.54) is 0 Å². The number of nitrogens with one attached hydrogen (secondary N) is 3. The fourth-order valence-corrected chi connectivity index (χ4v) is 3.56. The van der Waals surface area contributed by atoms with Gasteiger partial charge in [0, 0.05) is 36.3 Å². The lowest BCUT2D eigenvalue weighted by Gasteiger charge is -2.26. The maximum Gasteiger partial charge on any atom is 0.251 e. The molecule has 3 amide bonds. The number of likely N-dealkylation sites (tertiary alicyclic amines) is 1. The summed E-state index contributed by atoms with van der Waals surface area (Å²) in [6.07, 6.45) is 1.06. The van der Waals surface area contributed by atoms with Crippen molar-refractivity contribution in [2.45, 2.75) is 57.3 Å². The van der Waals surface area contributed by atoms with Gasteiger partial charge in [-0.3, -0.25) is 14.4 Å². The molecular weight excluding hydrogens is 363 g/mol. The number of alkyl halides is 1. The summed E-state index contributed by atoms with van der Waals surface area (Å²) in [7, 11) is 0. The van der Waals surface area contributed by atoms with Crippen LogP contribution in [0.1, 0.15) is 49.4 Å². The molecule has 1 aromatic rings. The normalized spacial score (nSPS) is 23.4. The summed E-state index contributed by atoms with van der Waals surface area (Å²) in [5, 5.41) is 13.3. The van der Waals surface area contributed by atoms with Gasteiger partial charge in [-0.25, -0.2) is 4.39 Å². The molecule has 1 heterocycles. The van der Waals surface area contributed by atoms with Crippen molar-refractivity contribution in [3.05, 3.63) is 29.8 Å². The van der Waals surface area contributed by atoms with Crippen LogP contribution in [0.2, 0.25) is 0 Å². The van der Waals surface area contributed by atoms with Crippen molar-refractivity contribution in [2.24, 2.45) is 0 Å². The summed E-state index contributed by atoms with van der Waals surface area (Å²) in [6.45, 7) is 2.28. The molecule has 7 nitrogen and oxygen atoms in total. The van der Waals surface area contributed by atoms with Crippen LogP contribution < -0.4 is 10.6 Å². The summed E-state index contributed by atoms with van der Waals surface area (Å²) in [5.74, 6) is -0.673. The molecule has 3 rings (SSSR count). The number of carbonyl (C=O) groups excluding carboxylic acids is 3. The predicted molar refractivity (Wildman–Crippen MR) is 103 cm³/mol. The van der Waals surface area contributed by atoms with Crippen molar-refractivity contribution in [2.75, 3.05) is 11.9 Å². The quantitative estimate of drug-likeness (QED) is 0.721. The van der Waals surface area contributed by atoms with Crippen LogP contribution in [0.3, 0.4) is 0 Å². The van der Waals surface area contributed by atoms with Crippen LogP contribution in [-0.4, -0.2) is 53.1 Å². The molecule has 8 heteroatoms. The van der Waals surface area contributed by atoms with Crippen LogP contribution in [0.25, 0.3) is 0 Å². The van der Waals surface area contributed by atoms with Crippen LogP contribution in [-0.2, 0) is 9.59 Å². The van der Waals surface area contributed by atoms with Gasteiger partial charge < -0.3 is 20.9 Å². The molecule has 0 bridgehead atoms. The Morgan fingerprint density at radius 2 is 1.96 bits per heavy atom. The van der Waals surface area contributed by atoms with Crippen molar-refractivity contribution in [1.29, 1.82) is 5.41 Å². The largest absolute Gasteiger partial charge is 0.344 e. The molecule has 1 aliphatic heterocycles. The lowest BCUT2D eigenvalue weighted by atomic mass is 9.91. The number of hydrogen-bond acceptors (Lipinski definition) is 4. The molecule has 0 spiro atoms. The van der Waals surface area contributed by atoms with Gasteiger partial charge in [0.15, 0.2) is 0 Å². The highest BCUT2D eigenvalue weighted by atomic mass is 19.1. The molecule has 3 unspecified atom stereocenters. The van der Waals surface area contributed by atoms with E-state index in [9.17, 15) is 18.8 Å². The first kappa shape index (κ1) is 20.0. The van der Waals surface area contributed by atoms with E-state index in [1.807, 2.05) is 0 Å². The number of nitrogens with zero attached hydrogens (tertiary/aromatic N) is 1. The van der Waals surface area contributed by atoms with Gasteiger partial charge in [-0.1, -0.05) is 0 Å². The Hall–Kier alpha value is -2.77. The third kappa shape index (κ3) is 4.55. The topological polar surface area (TPSA) is 102 Å². The molecular formula is C20H25FN4O3. The minimum atomic E-state index is -0.999. The first-order valence-corrected chi connectivity index (χ1v) is 9.58. The van der Waals surface area contributed by atoms with E-state index in [4.69, 9.17) is 5.41 Å². The number of hydrogen-bond donors (Lipinski definition) is 3. The Kier molecular flexibility index (Phi) is 6.06. The molecule has 2 fully saturated rings. The van der Waals surface area contributed by atoms with E-state index in [0.29, 0.717) is 42.8 Å². The average Bonchev–Trinajstić information content (AvgIpc) is 3.10. The van der Waals surface area contributed by atoms with Gasteiger partial charge in [-0.2, -0.15) is 0 Å². The lowest BCUT2D eigenvalue weighted by Crippen LogP contribution is -2.44. The van der Waals surface area contributed by atoms with E-state index >= 15 is 0 Å². The number of amides is 3. The first-order valence-electron chi connectivity index (χ1n) is 9.58. The molecule has 0 radical (unpaired) electrons. The first-order chi connectivity index (χ1) is 13.3. The Labute approximate surface area is 163 Å². The van der Waals surface area contributed by atoms with Gasteiger partial charge in [-0.05, 0) is 50.5 Å². The fourth-order valence-electron chi connectivity index (χ4n) is 3.56. The lowest BCUT2D eigenvalue weighted by molar-refractivity contribution is -0.134. The SMILES string of the molecule is CC(C(=O)Nc1ccc(C(=O)NC2CC(F)CCC2=N)cc1)N1CCCC1=O. The number of halogens is 1. The third-order valence-electron chi connectivity index (χ3n) is 5.32. The van der Waals surface area contributed by atoms with Crippen molar-refractivity contribution >= 4 is 29.1 Å². The van der Waals surface area contributed by atoms with Crippen LogP contribution >= 0.6 is 0 Å². The van der Waals surface area contributed by atoms with E-state index in [0.717, 1.165) is 6.42 Å². The molecule has 3 N–H and O–H groups in total. The minimum absolute atomic E-state index is 0.0153. The summed E-state index contributed by atoms with van der Waals surface area (Å²) >= 11 is 0. The molecule has 0 aromatic heterocycles. The maximum atomic E-state index is 13.5. The van der Waals surface area contributed by atoms with Gasteiger partial charge in [0.1, 0.15) is 12.2 Å². The number of anilines is 1. The van der Waals surface area contributed by atoms with Crippen LogP contribution in [0.5, 0.6) is 0 Å². The van der Waals surface area contributed by atoms with Gasteiger partial charge in [0.05, 0.1) is 6.04 Å². The standard InChI is InChI=1S/C20H25FN4O3/c1-12(25-10-2-3-18(25)26)19(27)23-15-7-4-13(5-8-15)20(28)24-17-11-14(21)6-9-16(17)22/h4-5,7-8,12,14,17,22H,2-3,6,9-11H2,1H3,(H,23,27)(H,24,28). The monoisotopic (exact) mass is 388 g/mol. The summed E-state index contributed by atoms with van der Waals surface area (Å²) in [4.78, 5) is 38.0. The Morgan fingerprint density at radius 1 is 1.25 bits per heavy atom. The van der Waals surface area contributed by atoms with Crippen LogP contribution in [0.4, 0.5) is 10.1 Å². The zero-order valence-electron chi connectivity index (χ0n) is 15.8. The molecule has 150 valence electrons. The molecule has 3 atom stereocenters. The molecule has 2 aliphatic rings. The molecule has 1 aromatic carbocycles. The van der Waals surface area contributed by atoms with Crippen molar-refractivity contribution in [3.8, 4) is 0 Å². The van der Waals surface area contributed by atoms with E-state index in [-0.39, 0.29) is 24.1 Å². The van der Waals surface area contributed by atoms with E-state index < -0.39 is 18.3 Å². The molecule has 28 heavy (non-hydrogen) atoms. The zero-order chi connectivity index (χ0) is 20.3.